The van der Waals surface area contributed by atoms with E-state index in [0.717, 1.165) is 11.3 Å². The number of aliphatic hydroxyl groups is 3. The Kier molecular flexibility index (Phi) is 10.1. The van der Waals surface area contributed by atoms with Crippen molar-refractivity contribution in [2.24, 2.45) is 5.92 Å². The zero-order valence-electron chi connectivity index (χ0n) is 28.2. The molecule has 2 aliphatic heterocycles. The molecule has 0 bridgehead atoms. The number of amides is 3. The van der Waals surface area contributed by atoms with E-state index in [-0.39, 0.29) is 30.5 Å². The van der Waals surface area contributed by atoms with Crippen LogP contribution in [0.25, 0.3) is 0 Å². The molecule has 1 spiro atoms. The van der Waals surface area contributed by atoms with Crippen molar-refractivity contribution in [2.45, 2.75) is 76.3 Å². The molecular weight excluding hydrogens is 630 g/mol. The van der Waals surface area contributed by atoms with Gasteiger partial charge in [0, 0.05) is 29.5 Å². The number of rotatable bonds is 11. The van der Waals surface area contributed by atoms with Gasteiger partial charge in [0.05, 0.1) is 33.5 Å². The summed E-state index contributed by atoms with van der Waals surface area (Å²) in [5, 5.41) is 36.3. The maximum Gasteiger partial charge on any atom is 0.264 e. The molecule has 0 unspecified atom stereocenters. The van der Waals surface area contributed by atoms with Crippen molar-refractivity contribution in [1.82, 2.24) is 0 Å². The number of methoxy groups -OCH3 is 1. The molecule has 2 heterocycles. The average Bonchev–Trinajstić information content (AvgIpc) is 3.47. The SMILES string of the molecule is COc1ccc([Si](C)(C)[C@H]2[C@H](CCO)O[C@@]3(C(=O)N(Cc4cccc(NC(=O)[C@H](C)O)c4)c4ccc(NC(=O)[C@H](C)O)cc43)[C@@H]2C)cc1. The molecule has 12 heteroatoms. The van der Waals surface area contributed by atoms with Crippen molar-refractivity contribution in [3.05, 3.63) is 77.9 Å². The van der Waals surface area contributed by atoms with Crippen LogP contribution in [0.1, 0.15) is 38.3 Å². The fourth-order valence-corrected chi connectivity index (χ4v) is 11.4. The summed E-state index contributed by atoms with van der Waals surface area (Å²) in [7, 11) is -0.774. The van der Waals surface area contributed by atoms with Crippen LogP contribution >= 0.6 is 0 Å². The fraction of sp³-hybridized carbons (Fsp3) is 0.417. The van der Waals surface area contributed by atoms with Gasteiger partial charge in [0.2, 0.25) is 0 Å². The van der Waals surface area contributed by atoms with Crippen molar-refractivity contribution < 1.29 is 39.2 Å². The second-order valence-electron chi connectivity index (χ2n) is 13.3. The van der Waals surface area contributed by atoms with E-state index in [9.17, 15) is 29.7 Å². The van der Waals surface area contributed by atoms with Crippen molar-refractivity contribution in [3.8, 4) is 5.75 Å². The molecule has 0 aliphatic carbocycles. The largest absolute Gasteiger partial charge is 0.497 e. The standard InChI is InChI=1S/C36H45N3O8Si/c1-21-32(48(5,6)28-13-11-27(46-4)12-14-28)31(16-17-40)47-36(21)29-19-26(38-34(44)23(3)42)10-15-30(29)39(35(36)45)20-24-8-7-9-25(18-24)37-33(43)22(2)41/h7-15,18-19,21-23,31-32,40-42H,16-17,20H2,1-6H3,(H,37,43)(H,38,44)/t21-,22+,23+,31+,32-,36+/m1/s1. The van der Waals surface area contributed by atoms with E-state index in [1.807, 2.05) is 25.1 Å². The van der Waals surface area contributed by atoms with Crippen LogP contribution in [0.15, 0.2) is 66.7 Å². The Morgan fingerprint density at radius 2 is 1.60 bits per heavy atom. The summed E-state index contributed by atoms with van der Waals surface area (Å²) in [6, 6.07) is 20.3. The van der Waals surface area contributed by atoms with Crippen LogP contribution in [0.2, 0.25) is 18.6 Å². The van der Waals surface area contributed by atoms with E-state index in [1.165, 1.54) is 19.0 Å². The first-order valence-corrected chi connectivity index (χ1v) is 19.3. The Morgan fingerprint density at radius 3 is 2.19 bits per heavy atom. The van der Waals surface area contributed by atoms with Crippen molar-refractivity contribution in [1.29, 1.82) is 0 Å². The van der Waals surface area contributed by atoms with Gasteiger partial charge in [-0.15, -0.1) is 0 Å². The Labute approximate surface area is 281 Å². The number of ether oxygens (including phenoxy) is 2. The fourth-order valence-electron chi connectivity index (χ4n) is 7.37. The van der Waals surface area contributed by atoms with Gasteiger partial charge in [-0.1, -0.05) is 49.5 Å². The summed E-state index contributed by atoms with van der Waals surface area (Å²) in [6.45, 7) is 9.37. The third-order valence-corrected chi connectivity index (χ3v) is 14.2. The summed E-state index contributed by atoms with van der Waals surface area (Å²) in [5.74, 6) is -0.954. The van der Waals surface area contributed by atoms with E-state index < -0.39 is 43.8 Å². The van der Waals surface area contributed by atoms with Crippen LogP contribution in [0.4, 0.5) is 17.1 Å². The van der Waals surface area contributed by atoms with Gasteiger partial charge in [-0.3, -0.25) is 14.4 Å². The highest BCUT2D eigenvalue weighted by Crippen LogP contribution is 2.60. The number of nitrogens with one attached hydrogen (secondary N) is 2. The molecule has 5 N–H and O–H groups in total. The lowest BCUT2D eigenvalue weighted by atomic mass is 9.82. The first-order valence-electron chi connectivity index (χ1n) is 16.2. The molecule has 3 aromatic carbocycles. The summed E-state index contributed by atoms with van der Waals surface area (Å²) < 4.78 is 12.4. The van der Waals surface area contributed by atoms with Gasteiger partial charge in [0.1, 0.15) is 18.0 Å². The Hall–Kier alpha value is -4.07. The lowest BCUT2D eigenvalue weighted by Gasteiger charge is -2.37. The minimum atomic E-state index is -2.40. The Morgan fingerprint density at radius 1 is 0.979 bits per heavy atom. The first kappa shape index (κ1) is 35.2. The van der Waals surface area contributed by atoms with Crippen LogP contribution < -0.4 is 25.5 Å². The van der Waals surface area contributed by atoms with Crippen molar-refractivity contribution >= 4 is 48.0 Å². The van der Waals surface area contributed by atoms with Gasteiger partial charge >= 0.3 is 0 Å². The monoisotopic (exact) mass is 675 g/mol. The predicted octanol–water partition coefficient (Wildman–Crippen LogP) is 3.48. The number of nitrogens with zero attached hydrogens (tertiary/aromatic N) is 1. The normalized spacial score (nSPS) is 23.1. The number of fused-ring (bicyclic) bond motifs is 2. The van der Waals surface area contributed by atoms with Crippen LogP contribution in [-0.4, -0.2) is 73.1 Å². The third kappa shape index (κ3) is 6.38. The molecule has 1 saturated heterocycles. The van der Waals surface area contributed by atoms with Crippen LogP contribution in [0.3, 0.4) is 0 Å². The van der Waals surface area contributed by atoms with E-state index in [4.69, 9.17) is 9.47 Å². The first-order chi connectivity index (χ1) is 22.7. The van der Waals surface area contributed by atoms with Gasteiger partial charge in [0.15, 0.2) is 5.60 Å². The van der Waals surface area contributed by atoms with E-state index in [2.05, 4.69) is 35.9 Å². The highest BCUT2D eigenvalue weighted by molar-refractivity contribution is 6.91. The molecule has 0 radical (unpaired) electrons. The average molecular weight is 676 g/mol. The number of carbonyl (C=O) groups excluding carboxylic acids is 3. The quantitative estimate of drug-likeness (QED) is 0.194. The van der Waals surface area contributed by atoms with Gasteiger partial charge in [0.25, 0.3) is 17.7 Å². The number of anilines is 3. The topological polar surface area (TPSA) is 158 Å². The molecule has 0 saturated carbocycles. The van der Waals surface area contributed by atoms with Gasteiger partial charge < -0.3 is 40.3 Å². The summed E-state index contributed by atoms with van der Waals surface area (Å²) in [4.78, 5) is 41.3. The number of hydrogen-bond acceptors (Lipinski definition) is 8. The molecule has 5 rings (SSSR count). The number of hydrogen-bond donors (Lipinski definition) is 5. The van der Waals surface area contributed by atoms with Crippen molar-refractivity contribution in [3.63, 3.8) is 0 Å². The highest BCUT2D eigenvalue weighted by Gasteiger charge is 2.66. The maximum absolute atomic E-state index is 14.9. The third-order valence-electron chi connectivity index (χ3n) is 9.81. The molecule has 3 aromatic rings. The molecule has 2 aliphatic rings. The van der Waals surface area contributed by atoms with Crippen molar-refractivity contribution in [2.75, 3.05) is 29.3 Å². The number of aliphatic hydroxyl groups excluding tert-OH is 3. The van der Waals surface area contributed by atoms with E-state index >= 15 is 0 Å². The highest BCUT2D eigenvalue weighted by atomic mass is 28.3. The second-order valence-corrected chi connectivity index (χ2v) is 18.0. The molecule has 1 fully saturated rings. The molecule has 6 atom stereocenters. The van der Waals surface area contributed by atoms with Crippen LogP contribution in [0, 0.1) is 5.92 Å². The Balaban J connectivity index is 1.60. The van der Waals surface area contributed by atoms with Gasteiger partial charge in [-0.2, -0.15) is 0 Å². The number of benzene rings is 3. The molecular formula is C36H45N3O8Si. The summed E-state index contributed by atoms with van der Waals surface area (Å²) in [6.07, 6.45) is -2.51. The molecule has 0 aromatic heterocycles. The summed E-state index contributed by atoms with van der Waals surface area (Å²) in [5.41, 5.74) is 1.37. The number of carbonyl (C=O) groups is 3. The zero-order valence-corrected chi connectivity index (χ0v) is 29.2. The minimum absolute atomic E-state index is 0.0792. The van der Waals surface area contributed by atoms with Gasteiger partial charge in [-0.05, 0) is 73.8 Å². The minimum Gasteiger partial charge on any atom is -0.497 e. The lowest BCUT2D eigenvalue weighted by molar-refractivity contribution is -0.146. The van der Waals surface area contributed by atoms with Gasteiger partial charge in [-0.25, -0.2) is 0 Å². The predicted molar refractivity (Wildman–Crippen MR) is 186 cm³/mol. The van der Waals surface area contributed by atoms with Crippen LogP contribution in [-0.2, 0) is 31.3 Å². The zero-order chi connectivity index (χ0) is 35.0. The molecule has 11 nitrogen and oxygen atoms in total. The smallest absolute Gasteiger partial charge is 0.264 e. The lowest BCUT2D eigenvalue weighted by Crippen LogP contribution is -2.51. The van der Waals surface area contributed by atoms with Crippen LogP contribution in [0.5, 0.6) is 5.75 Å². The summed E-state index contributed by atoms with van der Waals surface area (Å²) >= 11 is 0. The molecule has 48 heavy (non-hydrogen) atoms. The van der Waals surface area contributed by atoms with E-state index in [1.54, 1.807) is 48.4 Å². The van der Waals surface area contributed by atoms with E-state index in [0.29, 0.717) is 29.0 Å². The maximum atomic E-state index is 14.9. The molecule has 3 amide bonds. The Bertz CT molecular complexity index is 1680. The second kappa shape index (κ2) is 13.8. The molecule has 256 valence electrons.